The SMILES string of the molecule is CNc1cc(C)c(S(=O)(=O)NCC2CCCOC2)c(C)c1. The van der Waals surface area contributed by atoms with Gasteiger partial charge in [-0.15, -0.1) is 0 Å². The maximum absolute atomic E-state index is 12.5. The number of rotatable bonds is 5. The predicted molar refractivity (Wildman–Crippen MR) is 84.2 cm³/mol. The fourth-order valence-corrected chi connectivity index (χ4v) is 4.35. The summed E-state index contributed by atoms with van der Waals surface area (Å²) in [4.78, 5) is 0.387. The quantitative estimate of drug-likeness (QED) is 0.873. The van der Waals surface area contributed by atoms with Crippen LogP contribution in [-0.4, -0.2) is 35.2 Å². The Morgan fingerprint density at radius 2 is 1.95 bits per heavy atom. The highest BCUT2D eigenvalue weighted by Gasteiger charge is 2.22. The maximum atomic E-state index is 12.5. The second-order valence-electron chi connectivity index (χ2n) is 5.62. The summed E-state index contributed by atoms with van der Waals surface area (Å²) in [5.41, 5.74) is 2.43. The molecule has 118 valence electrons. The van der Waals surface area contributed by atoms with E-state index in [0.29, 0.717) is 18.0 Å². The topological polar surface area (TPSA) is 67.4 Å². The van der Waals surface area contributed by atoms with Crippen molar-refractivity contribution in [3.63, 3.8) is 0 Å². The molecule has 1 aliphatic rings. The molecule has 2 rings (SSSR count). The van der Waals surface area contributed by atoms with Gasteiger partial charge in [-0.2, -0.15) is 0 Å². The van der Waals surface area contributed by atoms with Gasteiger partial charge in [-0.3, -0.25) is 0 Å². The fraction of sp³-hybridized carbons (Fsp3) is 0.600. The first-order valence-electron chi connectivity index (χ1n) is 7.30. The van der Waals surface area contributed by atoms with Gasteiger partial charge in [0.15, 0.2) is 0 Å². The van der Waals surface area contributed by atoms with Gasteiger partial charge < -0.3 is 10.1 Å². The van der Waals surface area contributed by atoms with Crippen molar-refractivity contribution in [2.75, 3.05) is 32.1 Å². The number of sulfonamides is 1. The highest BCUT2D eigenvalue weighted by molar-refractivity contribution is 7.89. The Morgan fingerprint density at radius 1 is 1.29 bits per heavy atom. The van der Waals surface area contributed by atoms with Crippen LogP contribution >= 0.6 is 0 Å². The standard InChI is InChI=1S/C15H24N2O3S/c1-11-7-14(16-3)8-12(2)15(11)21(18,19)17-9-13-5-4-6-20-10-13/h7-8,13,16-17H,4-6,9-10H2,1-3H3. The normalized spacial score (nSPS) is 19.5. The average molecular weight is 312 g/mol. The summed E-state index contributed by atoms with van der Waals surface area (Å²) < 4.78 is 33.2. The second-order valence-corrected chi connectivity index (χ2v) is 7.33. The smallest absolute Gasteiger partial charge is 0.241 e. The lowest BCUT2D eigenvalue weighted by Gasteiger charge is -2.22. The summed E-state index contributed by atoms with van der Waals surface area (Å²) in [6.07, 6.45) is 2.01. The lowest BCUT2D eigenvalue weighted by Crippen LogP contribution is -2.33. The molecule has 1 unspecified atom stereocenters. The van der Waals surface area contributed by atoms with E-state index in [9.17, 15) is 8.42 Å². The van der Waals surface area contributed by atoms with Crippen molar-refractivity contribution in [2.24, 2.45) is 5.92 Å². The minimum Gasteiger partial charge on any atom is -0.388 e. The van der Waals surface area contributed by atoms with Crippen molar-refractivity contribution < 1.29 is 13.2 Å². The number of ether oxygens (including phenoxy) is 1. The van der Waals surface area contributed by atoms with Crippen molar-refractivity contribution in [3.05, 3.63) is 23.3 Å². The van der Waals surface area contributed by atoms with Crippen molar-refractivity contribution >= 4 is 15.7 Å². The molecule has 6 heteroatoms. The van der Waals surface area contributed by atoms with Gasteiger partial charge in [0.25, 0.3) is 0 Å². The fourth-order valence-electron chi connectivity index (χ4n) is 2.79. The van der Waals surface area contributed by atoms with E-state index in [4.69, 9.17) is 4.74 Å². The van der Waals surface area contributed by atoms with Crippen LogP contribution in [0.1, 0.15) is 24.0 Å². The Labute approximate surface area is 127 Å². The van der Waals surface area contributed by atoms with Gasteiger partial charge in [0.05, 0.1) is 11.5 Å². The van der Waals surface area contributed by atoms with Gasteiger partial charge in [0.1, 0.15) is 0 Å². The van der Waals surface area contributed by atoms with E-state index in [2.05, 4.69) is 10.0 Å². The number of nitrogens with one attached hydrogen (secondary N) is 2. The molecule has 1 aromatic carbocycles. The Bertz CT molecular complexity index is 570. The highest BCUT2D eigenvalue weighted by Crippen LogP contribution is 2.24. The van der Waals surface area contributed by atoms with Gasteiger partial charge in [-0.25, -0.2) is 13.1 Å². The van der Waals surface area contributed by atoms with Gasteiger partial charge in [-0.1, -0.05) is 0 Å². The zero-order valence-electron chi connectivity index (χ0n) is 12.9. The molecule has 0 spiro atoms. The van der Waals surface area contributed by atoms with Gasteiger partial charge in [0, 0.05) is 25.9 Å². The first-order chi connectivity index (χ1) is 9.94. The summed E-state index contributed by atoms with van der Waals surface area (Å²) >= 11 is 0. The van der Waals surface area contributed by atoms with Gasteiger partial charge >= 0.3 is 0 Å². The lowest BCUT2D eigenvalue weighted by molar-refractivity contribution is 0.0568. The minimum absolute atomic E-state index is 0.269. The number of benzene rings is 1. The van der Waals surface area contributed by atoms with E-state index in [-0.39, 0.29) is 5.92 Å². The number of hydrogen-bond acceptors (Lipinski definition) is 4. The molecule has 0 amide bonds. The van der Waals surface area contributed by atoms with Crippen LogP contribution in [0.4, 0.5) is 5.69 Å². The Hall–Kier alpha value is -1.11. The molecular weight excluding hydrogens is 288 g/mol. The van der Waals surface area contributed by atoms with Crippen molar-refractivity contribution in [2.45, 2.75) is 31.6 Å². The summed E-state index contributed by atoms with van der Waals surface area (Å²) in [5.74, 6) is 0.269. The van der Waals surface area contributed by atoms with Crippen LogP contribution in [0.15, 0.2) is 17.0 Å². The summed E-state index contributed by atoms with van der Waals surface area (Å²) in [7, 11) is -1.66. The molecule has 1 saturated heterocycles. The first-order valence-corrected chi connectivity index (χ1v) is 8.79. The molecule has 1 aliphatic heterocycles. The molecule has 1 atom stereocenters. The van der Waals surface area contributed by atoms with E-state index >= 15 is 0 Å². The third-order valence-electron chi connectivity index (χ3n) is 3.83. The maximum Gasteiger partial charge on any atom is 0.241 e. The van der Waals surface area contributed by atoms with Crippen molar-refractivity contribution in [1.82, 2.24) is 4.72 Å². The highest BCUT2D eigenvalue weighted by atomic mass is 32.2. The molecule has 0 radical (unpaired) electrons. The molecule has 1 heterocycles. The van der Waals surface area contributed by atoms with Crippen LogP contribution in [0, 0.1) is 19.8 Å². The van der Waals surface area contributed by atoms with E-state index < -0.39 is 10.0 Å². The van der Waals surface area contributed by atoms with Crippen LogP contribution in [-0.2, 0) is 14.8 Å². The van der Waals surface area contributed by atoms with Gasteiger partial charge in [0.2, 0.25) is 10.0 Å². The first kappa shape index (κ1) is 16.3. The molecule has 2 N–H and O–H groups in total. The second kappa shape index (κ2) is 6.77. The number of hydrogen-bond donors (Lipinski definition) is 2. The molecule has 0 aliphatic carbocycles. The minimum atomic E-state index is -3.48. The van der Waals surface area contributed by atoms with Crippen LogP contribution in [0.2, 0.25) is 0 Å². The molecule has 21 heavy (non-hydrogen) atoms. The molecular formula is C15H24N2O3S. The van der Waals surface area contributed by atoms with E-state index in [1.54, 1.807) is 0 Å². The van der Waals surface area contributed by atoms with Crippen LogP contribution in [0.3, 0.4) is 0 Å². The van der Waals surface area contributed by atoms with Crippen LogP contribution in [0.5, 0.6) is 0 Å². The van der Waals surface area contributed by atoms with E-state index in [1.807, 2.05) is 33.0 Å². The zero-order chi connectivity index (χ0) is 15.5. The largest absolute Gasteiger partial charge is 0.388 e. The zero-order valence-corrected chi connectivity index (χ0v) is 13.7. The van der Waals surface area contributed by atoms with Gasteiger partial charge in [-0.05, 0) is 55.9 Å². The Morgan fingerprint density at radius 3 is 2.48 bits per heavy atom. The summed E-state index contributed by atoms with van der Waals surface area (Å²) in [6.45, 7) is 5.51. The Balaban J connectivity index is 2.15. The predicted octanol–water partition coefficient (Wildman–Crippen LogP) is 2.05. The molecule has 0 aromatic heterocycles. The third-order valence-corrected chi connectivity index (χ3v) is 5.56. The van der Waals surface area contributed by atoms with Crippen molar-refractivity contribution in [1.29, 1.82) is 0 Å². The summed E-state index contributed by atoms with van der Waals surface area (Å²) in [6, 6.07) is 3.70. The number of aryl methyl sites for hydroxylation is 2. The summed E-state index contributed by atoms with van der Waals surface area (Å²) in [5, 5.41) is 3.04. The molecule has 1 fully saturated rings. The molecule has 0 saturated carbocycles. The van der Waals surface area contributed by atoms with E-state index in [1.165, 1.54) is 0 Å². The van der Waals surface area contributed by atoms with E-state index in [0.717, 1.165) is 36.3 Å². The third kappa shape index (κ3) is 3.96. The number of anilines is 1. The molecule has 1 aromatic rings. The van der Waals surface area contributed by atoms with Crippen LogP contribution < -0.4 is 10.0 Å². The van der Waals surface area contributed by atoms with Crippen molar-refractivity contribution in [3.8, 4) is 0 Å². The monoisotopic (exact) mass is 312 g/mol. The average Bonchev–Trinajstić information content (AvgIpc) is 2.45. The lowest BCUT2D eigenvalue weighted by atomic mass is 10.0. The molecule has 5 nitrogen and oxygen atoms in total. The molecule has 0 bridgehead atoms. The van der Waals surface area contributed by atoms with Crippen LogP contribution in [0.25, 0.3) is 0 Å². The Kier molecular flexibility index (Phi) is 5.24.